The van der Waals surface area contributed by atoms with Crippen molar-refractivity contribution in [3.8, 4) is 11.3 Å². The number of fused-ring (bicyclic) bond motifs is 1. The molecule has 0 saturated carbocycles. The van der Waals surface area contributed by atoms with Gasteiger partial charge in [0.05, 0.1) is 6.04 Å². The maximum atomic E-state index is 13.6. The number of pyridine rings is 1. The standard InChI is InChI=1S/C21H24N4O2/c1-13(2)20-17-6-5-14(3)24(17)11-12-25(20)21(26)18-15(4)27-23-19(18)16-7-9-22-10-8-16/h5-10,13,20H,11-12H2,1-4H3. The molecule has 1 amide bonds. The van der Waals surface area contributed by atoms with E-state index in [2.05, 4.69) is 47.6 Å². The average molecular weight is 364 g/mol. The largest absolute Gasteiger partial charge is 0.360 e. The topological polar surface area (TPSA) is 64.2 Å². The van der Waals surface area contributed by atoms with Crippen molar-refractivity contribution in [2.45, 2.75) is 40.3 Å². The van der Waals surface area contributed by atoms with Gasteiger partial charge < -0.3 is 14.0 Å². The molecule has 0 N–H and O–H groups in total. The number of amides is 1. The monoisotopic (exact) mass is 364 g/mol. The zero-order chi connectivity index (χ0) is 19.1. The second-order valence-corrected chi connectivity index (χ2v) is 7.44. The second-order valence-electron chi connectivity index (χ2n) is 7.44. The van der Waals surface area contributed by atoms with Gasteiger partial charge in [0, 0.05) is 42.4 Å². The van der Waals surface area contributed by atoms with Crippen LogP contribution in [0.5, 0.6) is 0 Å². The molecular weight excluding hydrogens is 340 g/mol. The van der Waals surface area contributed by atoms with Crippen molar-refractivity contribution in [1.29, 1.82) is 0 Å². The summed E-state index contributed by atoms with van der Waals surface area (Å²) in [4.78, 5) is 19.6. The number of carbonyl (C=O) groups is 1. The van der Waals surface area contributed by atoms with Crippen molar-refractivity contribution in [3.05, 3.63) is 59.4 Å². The van der Waals surface area contributed by atoms with Crippen LogP contribution in [0.15, 0.2) is 41.2 Å². The molecule has 6 heteroatoms. The molecule has 1 atom stereocenters. The molecule has 0 radical (unpaired) electrons. The summed E-state index contributed by atoms with van der Waals surface area (Å²) in [5.74, 6) is 0.822. The lowest BCUT2D eigenvalue weighted by Crippen LogP contribution is -2.44. The van der Waals surface area contributed by atoms with Gasteiger partial charge in [0.2, 0.25) is 0 Å². The van der Waals surface area contributed by atoms with Crippen LogP contribution in [0, 0.1) is 19.8 Å². The van der Waals surface area contributed by atoms with E-state index in [0.29, 0.717) is 29.5 Å². The van der Waals surface area contributed by atoms with Crippen LogP contribution in [-0.2, 0) is 6.54 Å². The first-order valence-electron chi connectivity index (χ1n) is 9.32. The number of hydrogen-bond donors (Lipinski definition) is 0. The quantitative estimate of drug-likeness (QED) is 0.704. The van der Waals surface area contributed by atoms with Crippen molar-refractivity contribution in [3.63, 3.8) is 0 Å². The lowest BCUT2D eigenvalue weighted by Gasteiger charge is -2.39. The molecule has 1 unspecified atom stereocenters. The fraction of sp³-hybridized carbons (Fsp3) is 0.381. The molecule has 3 aromatic rings. The van der Waals surface area contributed by atoms with Gasteiger partial charge in [-0.1, -0.05) is 19.0 Å². The van der Waals surface area contributed by atoms with Crippen molar-refractivity contribution in [2.24, 2.45) is 5.92 Å². The van der Waals surface area contributed by atoms with E-state index < -0.39 is 0 Å². The Bertz CT molecular complexity index is 971. The number of nitrogens with zero attached hydrogens (tertiary/aromatic N) is 4. The summed E-state index contributed by atoms with van der Waals surface area (Å²) in [6.45, 7) is 9.71. The van der Waals surface area contributed by atoms with Gasteiger partial charge in [-0.3, -0.25) is 9.78 Å². The van der Waals surface area contributed by atoms with E-state index in [-0.39, 0.29) is 11.9 Å². The Labute approximate surface area is 158 Å². The Balaban J connectivity index is 1.77. The maximum Gasteiger partial charge on any atom is 0.260 e. The van der Waals surface area contributed by atoms with E-state index in [4.69, 9.17) is 4.52 Å². The molecule has 0 spiro atoms. The van der Waals surface area contributed by atoms with Gasteiger partial charge in [-0.25, -0.2) is 0 Å². The van der Waals surface area contributed by atoms with Crippen LogP contribution in [0.1, 0.15) is 47.4 Å². The van der Waals surface area contributed by atoms with Gasteiger partial charge >= 0.3 is 0 Å². The summed E-state index contributed by atoms with van der Waals surface area (Å²) in [5, 5.41) is 4.16. The van der Waals surface area contributed by atoms with Gasteiger partial charge in [-0.2, -0.15) is 0 Å². The summed E-state index contributed by atoms with van der Waals surface area (Å²) in [6, 6.07) is 7.99. The normalized spacial score (nSPS) is 16.6. The maximum absolute atomic E-state index is 13.6. The van der Waals surface area contributed by atoms with E-state index in [9.17, 15) is 4.79 Å². The van der Waals surface area contributed by atoms with Crippen molar-refractivity contribution in [1.82, 2.24) is 19.6 Å². The fourth-order valence-corrected chi connectivity index (χ4v) is 4.06. The third-order valence-electron chi connectivity index (χ3n) is 5.36. The summed E-state index contributed by atoms with van der Waals surface area (Å²) in [6.07, 6.45) is 3.39. The zero-order valence-corrected chi connectivity index (χ0v) is 16.1. The van der Waals surface area contributed by atoms with E-state index >= 15 is 0 Å². The van der Waals surface area contributed by atoms with E-state index in [1.54, 1.807) is 19.3 Å². The molecule has 3 aromatic heterocycles. The highest BCUT2D eigenvalue weighted by molar-refractivity contribution is 6.01. The van der Waals surface area contributed by atoms with Crippen LogP contribution in [0.25, 0.3) is 11.3 Å². The SMILES string of the molecule is Cc1onc(-c2ccncc2)c1C(=O)N1CCn2c(C)ccc2C1C(C)C. The first-order valence-corrected chi connectivity index (χ1v) is 9.32. The van der Waals surface area contributed by atoms with Gasteiger partial charge in [-0.05, 0) is 44.0 Å². The molecule has 27 heavy (non-hydrogen) atoms. The van der Waals surface area contributed by atoms with Gasteiger partial charge in [0.1, 0.15) is 17.0 Å². The highest BCUT2D eigenvalue weighted by Gasteiger charge is 2.36. The highest BCUT2D eigenvalue weighted by Crippen LogP contribution is 2.36. The van der Waals surface area contributed by atoms with Crippen LogP contribution in [0.4, 0.5) is 0 Å². The third kappa shape index (κ3) is 2.85. The Morgan fingerprint density at radius 1 is 1.15 bits per heavy atom. The molecule has 1 aliphatic rings. The number of carbonyl (C=O) groups excluding carboxylic acids is 1. The Hall–Kier alpha value is -2.89. The van der Waals surface area contributed by atoms with Crippen molar-refractivity contribution in [2.75, 3.05) is 6.54 Å². The molecule has 4 heterocycles. The minimum Gasteiger partial charge on any atom is -0.360 e. The van der Waals surface area contributed by atoms with E-state index in [1.165, 1.54) is 11.4 Å². The molecule has 0 fully saturated rings. The molecule has 0 aliphatic carbocycles. The Morgan fingerprint density at radius 2 is 1.89 bits per heavy atom. The number of rotatable bonds is 3. The molecule has 0 aromatic carbocycles. The highest BCUT2D eigenvalue weighted by atomic mass is 16.5. The van der Waals surface area contributed by atoms with Crippen LogP contribution in [0.3, 0.4) is 0 Å². The molecule has 140 valence electrons. The summed E-state index contributed by atoms with van der Waals surface area (Å²) >= 11 is 0. The molecule has 0 bridgehead atoms. The minimum absolute atomic E-state index is 0.0237. The molecule has 6 nitrogen and oxygen atoms in total. The number of hydrogen-bond acceptors (Lipinski definition) is 4. The predicted molar refractivity (Wildman–Crippen MR) is 102 cm³/mol. The summed E-state index contributed by atoms with van der Waals surface area (Å²) < 4.78 is 7.73. The van der Waals surface area contributed by atoms with Crippen LogP contribution in [-0.4, -0.2) is 32.1 Å². The van der Waals surface area contributed by atoms with Gasteiger partial charge in [0.25, 0.3) is 5.91 Å². The Kier molecular flexibility index (Phi) is 4.34. The van der Waals surface area contributed by atoms with Crippen LogP contribution < -0.4 is 0 Å². The fourth-order valence-electron chi connectivity index (χ4n) is 4.06. The molecule has 4 rings (SSSR count). The van der Waals surface area contributed by atoms with Gasteiger partial charge in [-0.15, -0.1) is 0 Å². The van der Waals surface area contributed by atoms with E-state index in [1.807, 2.05) is 17.0 Å². The van der Waals surface area contributed by atoms with Crippen LogP contribution in [0.2, 0.25) is 0 Å². The summed E-state index contributed by atoms with van der Waals surface area (Å²) in [7, 11) is 0. The van der Waals surface area contributed by atoms with Crippen LogP contribution >= 0.6 is 0 Å². The lowest BCUT2D eigenvalue weighted by molar-refractivity contribution is 0.0553. The first-order chi connectivity index (χ1) is 13.0. The number of aromatic nitrogens is 3. The van der Waals surface area contributed by atoms with Crippen molar-refractivity contribution >= 4 is 5.91 Å². The smallest absolute Gasteiger partial charge is 0.260 e. The predicted octanol–water partition coefficient (Wildman–Crippen LogP) is 4.01. The second kappa shape index (κ2) is 6.68. The Morgan fingerprint density at radius 3 is 2.59 bits per heavy atom. The number of aryl methyl sites for hydroxylation is 2. The third-order valence-corrected chi connectivity index (χ3v) is 5.36. The zero-order valence-electron chi connectivity index (χ0n) is 16.1. The van der Waals surface area contributed by atoms with Gasteiger partial charge in [0.15, 0.2) is 0 Å². The summed E-state index contributed by atoms with van der Waals surface area (Å²) in [5.41, 5.74) is 4.40. The molecule has 1 aliphatic heterocycles. The van der Waals surface area contributed by atoms with Crippen molar-refractivity contribution < 1.29 is 9.32 Å². The van der Waals surface area contributed by atoms with E-state index in [0.717, 1.165) is 12.1 Å². The molecule has 0 saturated heterocycles. The first kappa shape index (κ1) is 17.5. The lowest BCUT2D eigenvalue weighted by atomic mass is 9.95. The minimum atomic E-state index is -0.0237. The molecular formula is C21H24N4O2. The average Bonchev–Trinajstić information content (AvgIpc) is 3.24.